The first kappa shape index (κ1) is 22.9. The van der Waals surface area contributed by atoms with E-state index >= 15 is 0 Å². The summed E-state index contributed by atoms with van der Waals surface area (Å²) in [6, 6.07) is 21.4. The minimum Gasteiger partial charge on any atom is -0.340 e. The maximum atomic E-state index is 13.7. The van der Waals surface area contributed by atoms with E-state index in [-0.39, 0.29) is 11.8 Å². The van der Waals surface area contributed by atoms with E-state index in [0.29, 0.717) is 29.1 Å². The van der Waals surface area contributed by atoms with Crippen molar-refractivity contribution in [3.8, 4) is 0 Å². The third kappa shape index (κ3) is 5.00. The third-order valence-corrected chi connectivity index (χ3v) is 6.59. The highest BCUT2D eigenvalue weighted by molar-refractivity contribution is 6.24. The molecule has 1 saturated heterocycles. The summed E-state index contributed by atoms with van der Waals surface area (Å²) in [6.45, 7) is 3.30. The Hall–Kier alpha value is -3.84. The van der Waals surface area contributed by atoms with Gasteiger partial charge in [-0.05, 0) is 48.0 Å². The average Bonchev–Trinajstić information content (AvgIpc) is 3.19. The molecule has 1 atom stereocenters. The van der Waals surface area contributed by atoms with Crippen LogP contribution >= 0.6 is 0 Å². The quantitative estimate of drug-likeness (QED) is 0.574. The molecule has 6 nitrogen and oxygen atoms in total. The van der Waals surface area contributed by atoms with Crippen molar-refractivity contribution in [2.24, 2.45) is 4.99 Å². The second kappa shape index (κ2) is 9.80. The summed E-state index contributed by atoms with van der Waals surface area (Å²) in [5, 5.41) is 2.78. The lowest BCUT2D eigenvalue weighted by Gasteiger charge is -2.32. The number of carbonyl (C=O) groups excluding carboxylic acids is 2. The highest BCUT2D eigenvalue weighted by atomic mass is 19.1. The SMILES string of the molecule is CN1CCN(C(=O)Cc2ccc(N=C(c3ccccc3)C3C(=O)Nc4cc(F)ccc43)cc2)CC1. The number of hydrogen-bond donors (Lipinski definition) is 1. The van der Waals surface area contributed by atoms with E-state index < -0.39 is 11.7 Å². The lowest BCUT2D eigenvalue weighted by molar-refractivity contribution is -0.132. The zero-order valence-electron chi connectivity index (χ0n) is 19.6. The first-order valence-corrected chi connectivity index (χ1v) is 11.8. The Labute approximate surface area is 204 Å². The van der Waals surface area contributed by atoms with Crippen LogP contribution < -0.4 is 5.32 Å². The maximum absolute atomic E-state index is 13.7. The van der Waals surface area contributed by atoms with Gasteiger partial charge in [-0.15, -0.1) is 0 Å². The molecule has 35 heavy (non-hydrogen) atoms. The highest BCUT2D eigenvalue weighted by Gasteiger charge is 2.35. The van der Waals surface area contributed by atoms with Gasteiger partial charge in [-0.2, -0.15) is 0 Å². The molecular weight excluding hydrogens is 443 g/mol. The molecule has 0 radical (unpaired) electrons. The van der Waals surface area contributed by atoms with Crippen molar-refractivity contribution >= 4 is 28.9 Å². The van der Waals surface area contributed by atoms with E-state index in [9.17, 15) is 14.0 Å². The number of likely N-dealkylation sites (N-methyl/N-ethyl adjacent to an activating group) is 1. The maximum Gasteiger partial charge on any atom is 0.238 e. The van der Waals surface area contributed by atoms with Crippen molar-refractivity contribution in [3.63, 3.8) is 0 Å². The van der Waals surface area contributed by atoms with Crippen molar-refractivity contribution in [2.45, 2.75) is 12.3 Å². The van der Waals surface area contributed by atoms with Crippen LogP contribution in [0.3, 0.4) is 0 Å². The Balaban J connectivity index is 1.41. The standard InChI is InChI=1S/C28H27FN4O2/c1-32-13-15-33(16-14-32)25(34)17-19-7-10-22(11-8-19)30-27(20-5-3-2-4-6-20)26-23-12-9-21(29)18-24(23)31-28(26)35/h2-12,18,26H,13-17H2,1H3,(H,31,35). The van der Waals surface area contributed by atoms with Gasteiger partial charge in [0.15, 0.2) is 0 Å². The van der Waals surface area contributed by atoms with Crippen LogP contribution in [-0.2, 0) is 16.0 Å². The number of hydrogen-bond acceptors (Lipinski definition) is 4. The first-order valence-electron chi connectivity index (χ1n) is 11.8. The molecule has 0 aromatic heterocycles. The van der Waals surface area contributed by atoms with Crippen molar-refractivity contribution in [1.82, 2.24) is 9.80 Å². The molecule has 3 aromatic rings. The zero-order valence-corrected chi connectivity index (χ0v) is 19.6. The summed E-state index contributed by atoms with van der Waals surface area (Å²) in [5.41, 5.74) is 4.19. The molecule has 0 bridgehead atoms. The molecule has 3 aromatic carbocycles. The predicted molar refractivity (Wildman–Crippen MR) is 135 cm³/mol. The van der Waals surface area contributed by atoms with Gasteiger partial charge in [0, 0.05) is 31.9 Å². The largest absolute Gasteiger partial charge is 0.340 e. The van der Waals surface area contributed by atoms with Crippen molar-refractivity contribution < 1.29 is 14.0 Å². The molecule has 0 saturated carbocycles. The number of rotatable bonds is 5. The average molecular weight is 471 g/mol. The molecule has 2 aliphatic heterocycles. The van der Waals surface area contributed by atoms with E-state index in [4.69, 9.17) is 4.99 Å². The summed E-state index contributed by atoms with van der Waals surface area (Å²) in [5.74, 6) is -1.15. The number of fused-ring (bicyclic) bond motifs is 1. The van der Waals surface area contributed by atoms with E-state index in [1.165, 1.54) is 12.1 Å². The molecule has 2 amide bonds. The van der Waals surface area contributed by atoms with Crippen LogP contribution in [0, 0.1) is 5.82 Å². The fraction of sp³-hybridized carbons (Fsp3) is 0.250. The Morgan fingerprint density at radius 1 is 1.00 bits per heavy atom. The molecule has 1 fully saturated rings. The molecule has 7 heteroatoms. The minimum absolute atomic E-state index is 0.130. The number of carbonyl (C=O) groups is 2. The molecule has 1 unspecified atom stereocenters. The smallest absolute Gasteiger partial charge is 0.238 e. The predicted octanol–water partition coefficient (Wildman–Crippen LogP) is 4.00. The lowest BCUT2D eigenvalue weighted by Crippen LogP contribution is -2.47. The fourth-order valence-electron chi connectivity index (χ4n) is 4.58. The Bertz CT molecular complexity index is 1270. The normalized spacial score (nSPS) is 18.3. The van der Waals surface area contributed by atoms with Crippen LogP contribution in [0.2, 0.25) is 0 Å². The summed E-state index contributed by atoms with van der Waals surface area (Å²) in [7, 11) is 2.07. The van der Waals surface area contributed by atoms with E-state index in [0.717, 1.165) is 37.3 Å². The second-order valence-electron chi connectivity index (χ2n) is 9.04. The highest BCUT2D eigenvalue weighted by Crippen LogP contribution is 2.36. The summed E-state index contributed by atoms with van der Waals surface area (Å²) in [4.78, 5) is 34.6. The van der Waals surface area contributed by atoms with Gasteiger partial charge in [0.1, 0.15) is 11.7 Å². The summed E-state index contributed by atoms with van der Waals surface area (Å²) in [6.07, 6.45) is 0.350. The lowest BCUT2D eigenvalue weighted by atomic mass is 9.90. The molecule has 2 heterocycles. The van der Waals surface area contributed by atoms with Gasteiger partial charge in [0.25, 0.3) is 0 Å². The van der Waals surface area contributed by atoms with Crippen LogP contribution in [0.4, 0.5) is 15.8 Å². The fourth-order valence-corrected chi connectivity index (χ4v) is 4.58. The number of amides is 2. The van der Waals surface area contributed by atoms with Crippen LogP contribution in [0.1, 0.15) is 22.6 Å². The van der Waals surface area contributed by atoms with Crippen molar-refractivity contribution in [1.29, 1.82) is 0 Å². The number of piperazine rings is 1. The van der Waals surface area contributed by atoms with E-state index in [1.54, 1.807) is 6.07 Å². The van der Waals surface area contributed by atoms with Gasteiger partial charge >= 0.3 is 0 Å². The van der Waals surface area contributed by atoms with Crippen LogP contribution in [-0.4, -0.2) is 60.6 Å². The Kier molecular flexibility index (Phi) is 6.42. The molecule has 1 N–H and O–H groups in total. The summed E-state index contributed by atoms with van der Waals surface area (Å²) < 4.78 is 13.7. The molecule has 0 aliphatic carbocycles. The monoisotopic (exact) mass is 470 g/mol. The molecule has 178 valence electrons. The van der Waals surface area contributed by atoms with Gasteiger partial charge < -0.3 is 15.1 Å². The number of nitrogens with one attached hydrogen (secondary N) is 1. The van der Waals surface area contributed by atoms with Crippen LogP contribution in [0.15, 0.2) is 77.8 Å². The van der Waals surface area contributed by atoms with Crippen LogP contribution in [0.25, 0.3) is 0 Å². The van der Waals surface area contributed by atoms with Crippen molar-refractivity contribution in [2.75, 3.05) is 38.5 Å². The van der Waals surface area contributed by atoms with E-state index in [2.05, 4.69) is 17.3 Å². The first-order chi connectivity index (χ1) is 17.0. The van der Waals surface area contributed by atoms with Gasteiger partial charge in [-0.3, -0.25) is 14.6 Å². The minimum atomic E-state index is -0.647. The number of aliphatic imine (C=N–C) groups is 1. The topological polar surface area (TPSA) is 65.0 Å². The second-order valence-corrected chi connectivity index (χ2v) is 9.04. The molecular formula is C28H27FN4O2. The molecule has 0 spiro atoms. The molecule has 2 aliphatic rings. The zero-order chi connectivity index (χ0) is 24.4. The van der Waals surface area contributed by atoms with E-state index in [1.807, 2.05) is 59.5 Å². The van der Waals surface area contributed by atoms with Crippen molar-refractivity contribution in [3.05, 3.63) is 95.3 Å². The number of anilines is 1. The Morgan fingerprint density at radius 2 is 1.71 bits per heavy atom. The Morgan fingerprint density at radius 3 is 2.43 bits per heavy atom. The third-order valence-electron chi connectivity index (χ3n) is 6.59. The van der Waals surface area contributed by atoms with Gasteiger partial charge in [-0.1, -0.05) is 48.5 Å². The summed E-state index contributed by atoms with van der Waals surface area (Å²) >= 11 is 0. The van der Waals surface area contributed by atoms with Crippen LogP contribution in [0.5, 0.6) is 0 Å². The van der Waals surface area contributed by atoms with Gasteiger partial charge in [0.05, 0.1) is 17.8 Å². The van der Waals surface area contributed by atoms with Gasteiger partial charge in [0.2, 0.25) is 11.8 Å². The molecule has 5 rings (SSSR count). The number of halogens is 1. The van der Waals surface area contributed by atoms with Gasteiger partial charge in [-0.25, -0.2) is 4.39 Å². The number of nitrogens with zero attached hydrogens (tertiary/aromatic N) is 3. The number of benzene rings is 3.